The molecule has 0 spiro atoms. The zero-order chi connectivity index (χ0) is 13.4. The number of nitrogen functional groups attached to an aromatic ring is 1. The molecule has 1 heterocycles. The van der Waals surface area contributed by atoms with Crippen LogP contribution >= 0.6 is 0 Å². The van der Waals surface area contributed by atoms with Gasteiger partial charge in [-0.1, -0.05) is 0 Å². The van der Waals surface area contributed by atoms with Crippen LogP contribution < -0.4 is 20.7 Å². The molecule has 0 atom stereocenters. The van der Waals surface area contributed by atoms with Gasteiger partial charge < -0.3 is 14.9 Å². The van der Waals surface area contributed by atoms with E-state index in [1.807, 2.05) is 18.2 Å². The molecule has 0 bridgehead atoms. The third-order valence-corrected chi connectivity index (χ3v) is 3.50. The lowest BCUT2D eigenvalue weighted by Crippen LogP contribution is -2.09. The third-order valence-electron chi connectivity index (χ3n) is 3.50. The smallest absolute Gasteiger partial charge is 0.145 e. The molecule has 5 heteroatoms. The predicted molar refractivity (Wildman–Crippen MR) is 74.6 cm³/mol. The summed E-state index contributed by atoms with van der Waals surface area (Å²) < 4.78 is 10.8. The van der Waals surface area contributed by atoms with E-state index < -0.39 is 0 Å². The number of fused-ring (bicyclic) bond motifs is 1. The molecule has 1 aliphatic rings. The Labute approximate surface area is 111 Å². The number of methoxy groups -OCH3 is 2. The molecule has 1 aromatic heterocycles. The quantitative estimate of drug-likeness (QED) is 0.652. The molecule has 1 fully saturated rings. The van der Waals surface area contributed by atoms with Crippen LogP contribution in [0.2, 0.25) is 0 Å². The number of pyridine rings is 1. The molecule has 3 N–H and O–H groups in total. The molecular formula is C14H17N3O2. The van der Waals surface area contributed by atoms with Gasteiger partial charge in [0.05, 0.1) is 25.3 Å². The number of hydrazine groups is 1. The third kappa shape index (κ3) is 1.96. The predicted octanol–water partition coefficient (Wildman–Crippen LogP) is 2.42. The normalized spacial score (nSPS) is 14.5. The van der Waals surface area contributed by atoms with E-state index in [-0.39, 0.29) is 0 Å². The molecule has 1 saturated carbocycles. The van der Waals surface area contributed by atoms with Gasteiger partial charge >= 0.3 is 0 Å². The van der Waals surface area contributed by atoms with E-state index >= 15 is 0 Å². The SMILES string of the molecule is COc1ccc(OC)c2c(NN)cc(C3CC3)nc12. The molecule has 2 aromatic rings. The minimum Gasteiger partial charge on any atom is -0.496 e. The fourth-order valence-electron chi connectivity index (χ4n) is 2.34. The molecular weight excluding hydrogens is 242 g/mol. The molecule has 0 radical (unpaired) electrons. The van der Waals surface area contributed by atoms with Crippen LogP contribution in [-0.2, 0) is 0 Å². The number of benzene rings is 1. The topological polar surface area (TPSA) is 69.4 Å². The minimum atomic E-state index is 0.549. The van der Waals surface area contributed by atoms with Crippen LogP contribution in [0.4, 0.5) is 5.69 Å². The average molecular weight is 259 g/mol. The summed E-state index contributed by atoms with van der Waals surface area (Å²) in [5.41, 5.74) is 5.42. The van der Waals surface area contributed by atoms with Gasteiger partial charge in [0.2, 0.25) is 0 Å². The monoisotopic (exact) mass is 259 g/mol. The highest BCUT2D eigenvalue weighted by Crippen LogP contribution is 2.43. The first-order chi connectivity index (χ1) is 9.28. The Balaban J connectivity index is 2.33. The van der Waals surface area contributed by atoms with Crippen molar-refractivity contribution < 1.29 is 9.47 Å². The Hall–Kier alpha value is -2.01. The van der Waals surface area contributed by atoms with Gasteiger partial charge in [-0.2, -0.15) is 0 Å². The Morgan fingerprint density at radius 3 is 2.47 bits per heavy atom. The molecule has 0 aliphatic heterocycles. The van der Waals surface area contributed by atoms with Crippen LogP contribution in [0.25, 0.3) is 10.9 Å². The first-order valence-corrected chi connectivity index (χ1v) is 6.30. The zero-order valence-electron chi connectivity index (χ0n) is 11.1. The summed E-state index contributed by atoms with van der Waals surface area (Å²) >= 11 is 0. The number of nitrogens with two attached hydrogens (primary N) is 1. The van der Waals surface area contributed by atoms with Crippen molar-refractivity contribution in [2.75, 3.05) is 19.6 Å². The maximum Gasteiger partial charge on any atom is 0.145 e. The second-order valence-corrected chi connectivity index (χ2v) is 4.71. The van der Waals surface area contributed by atoms with Crippen molar-refractivity contribution in [1.29, 1.82) is 0 Å². The molecule has 1 aliphatic carbocycles. The Bertz CT molecular complexity index is 624. The van der Waals surface area contributed by atoms with Crippen LogP contribution in [0.1, 0.15) is 24.5 Å². The van der Waals surface area contributed by atoms with Gasteiger partial charge in [-0.25, -0.2) is 4.98 Å². The van der Waals surface area contributed by atoms with Crippen LogP contribution in [0.5, 0.6) is 11.5 Å². The second kappa shape index (κ2) is 4.59. The summed E-state index contributed by atoms with van der Waals surface area (Å²) in [5.74, 6) is 7.66. The fraction of sp³-hybridized carbons (Fsp3) is 0.357. The molecule has 19 heavy (non-hydrogen) atoms. The van der Waals surface area contributed by atoms with E-state index in [0.717, 1.165) is 33.8 Å². The Kier molecular flexibility index (Phi) is 2.91. The zero-order valence-corrected chi connectivity index (χ0v) is 11.1. The van der Waals surface area contributed by atoms with Crippen molar-refractivity contribution in [2.45, 2.75) is 18.8 Å². The van der Waals surface area contributed by atoms with Crippen LogP contribution in [0.15, 0.2) is 18.2 Å². The van der Waals surface area contributed by atoms with E-state index in [0.29, 0.717) is 5.92 Å². The van der Waals surface area contributed by atoms with Crippen LogP contribution in [-0.4, -0.2) is 19.2 Å². The lowest BCUT2D eigenvalue weighted by Gasteiger charge is -2.14. The molecule has 100 valence electrons. The van der Waals surface area contributed by atoms with Crippen molar-refractivity contribution in [3.05, 3.63) is 23.9 Å². The summed E-state index contributed by atoms with van der Waals surface area (Å²) in [6.45, 7) is 0. The number of ether oxygens (including phenoxy) is 2. The minimum absolute atomic E-state index is 0.549. The molecule has 5 nitrogen and oxygen atoms in total. The number of anilines is 1. The molecule has 3 rings (SSSR count). The van der Waals surface area contributed by atoms with Gasteiger partial charge in [-0.05, 0) is 31.0 Å². The van der Waals surface area contributed by atoms with Gasteiger partial charge in [0.15, 0.2) is 0 Å². The van der Waals surface area contributed by atoms with Gasteiger partial charge in [-0.3, -0.25) is 5.84 Å². The lowest BCUT2D eigenvalue weighted by molar-refractivity contribution is 0.410. The molecule has 0 saturated heterocycles. The second-order valence-electron chi connectivity index (χ2n) is 4.71. The summed E-state index contributed by atoms with van der Waals surface area (Å²) in [6.07, 6.45) is 2.38. The van der Waals surface area contributed by atoms with E-state index in [2.05, 4.69) is 5.43 Å². The Morgan fingerprint density at radius 1 is 1.21 bits per heavy atom. The van der Waals surface area contributed by atoms with Crippen molar-refractivity contribution >= 4 is 16.6 Å². The number of nitrogens with zero attached hydrogens (tertiary/aromatic N) is 1. The van der Waals surface area contributed by atoms with Gasteiger partial charge in [0.25, 0.3) is 0 Å². The molecule has 0 amide bonds. The van der Waals surface area contributed by atoms with Gasteiger partial charge in [0.1, 0.15) is 17.0 Å². The lowest BCUT2D eigenvalue weighted by atomic mass is 10.1. The summed E-state index contributed by atoms with van der Waals surface area (Å²) in [6, 6.07) is 5.73. The highest BCUT2D eigenvalue weighted by molar-refractivity contribution is 5.99. The van der Waals surface area contributed by atoms with Crippen molar-refractivity contribution in [1.82, 2.24) is 4.98 Å². The van der Waals surface area contributed by atoms with Crippen LogP contribution in [0, 0.1) is 0 Å². The number of rotatable bonds is 4. The summed E-state index contributed by atoms with van der Waals surface area (Å²) in [5, 5.41) is 0.855. The average Bonchev–Trinajstić information content (AvgIpc) is 3.29. The fourth-order valence-corrected chi connectivity index (χ4v) is 2.34. The van der Waals surface area contributed by atoms with E-state index in [1.54, 1.807) is 14.2 Å². The summed E-state index contributed by atoms with van der Waals surface area (Å²) in [4.78, 5) is 4.72. The maximum atomic E-state index is 5.65. The highest BCUT2D eigenvalue weighted by Gasteiger charge is 2.27. The first kappa shape index (κ1) is 12.0. The molecule has 0 unspecified atom stereocenters. The van der Waals surface area contributed by atoms with Crippen molar-refractivity contribution in [3.63, 3.8) is 0 Å². The number of hydrogen-bond donors (Lipinski definition) is 2. The molecule has 1 aromatic carbocycles. The highest BCUT2D eigenvalue weighted by atomic mass is 16.5. The van der Waals surface area contributed by atoms with E-state index in [4.69, 9.17) is 20.3 Å². The van der Waals surface area contributed by atoms with Crippen molar-refractivity contribution in [2.24, 2.45) is 5.84 Å². The number of hydrogen-bond acceptors (Lipinski definition) is 5. The standard InChI is InChI=1S/C14H17N3O2/c1-18-11-5-6-12(19-2)14-13(11)10(17-15)7-9(16-14)8-3-4-8/h5-8H,3-4,15H2,1-2H3,(H,16,17). The maximum absolute atomic E-state index is 5.65. The van der Waals surface area contributed by atoms with Gasteiger partial charge in [0, 0.05) is 11.6 Å². The van der Waals surface area contributed by atoms with E-state index in [9.17, 15) is 0 Å². The van der Waals surface area contributed by atoms with Crippen molar-refractivity contribution in [3.8, 4) is 11.5 Å². The first-order valence-electron chi connectivity index (χ1n) is 6.30. The number of aromatic nitrogens is 1. The summed E-state index contributed by atoms with van der Waals surface area (Å²) in [7, 11) is 3.28. The number of nitrogens with one attached hydrogen (secondary N) is 1. The van der Waals surface area contributed by atoms with Gasteiger partial charge in [-0.15, -0.1) is 0 Å². The Morgan fingerprint density at radius 2 is 1.89 bits per heavy atom. The van der Waals surface area contributed by atoms with Crippen LogP contribution in [0.3, 0.4) is 0 Å². The van der Waals surface area contributed by atoms with E-state index in [1.165, 1.54) is 12.8 Å². The largest absolute Gasteiger partial charge is 0.496 e.